The normalized spacial score (nSPS) is 10.2. The molecule has 1 N–H and O–H groups in total. The second-order valence-electron chi connectivity index (χ2n) is 4.14. The fourth-order valence-electron chi connectivity index (χ4n) is 1.64. The number of halogens is 1. The second kappa shape index (κ2) is 6.32. The van der Waals surface area contributed by atoms with Crippen LogP contribution < -0.4 is 14.9 Å². The third-order valence-corrected chi connectivity index (χ3v) is 2.95. The molecule has 21 heavy (non-hydrogen) atoms. The van der Waals surface area contributed by atoms with E-state index >= 15 is 0 Å². The van der Waals surface area contributed by atoms with E-state index in [0.717, 1.165) is 17.8 Å². The number of aromatic nitrogens is 1. The predicted molar refractivity (Wildman–Crippen MR) is 75.4 cm³/mol. The predicted octanol–water partition coefficient (Wildman–Crippen LogP) is 2.05. The third kappa shape index (κ3) is 3.55. The van der Waals surface area contributed by atoms with Gasteiger partial charge in [-0.1, -0.05) is 12.1 Å². The number of carbonyl (C=O) groups excluding carboxylic acids is 1. The van der Waals surface area contributed by atoms with Gasteiger partial charge in [0.2, 0.25) is 5.43 Å². The van der Waals surface area contributed by atoms with Crippen molar-refractivity contribution < 1.29 is 19.5 Å². The van der Waals surface area contributed by atoms with Crippen molar-refractivity contribution in [2.24, 2.45) is 0 Å². The van der Waals surface area contributed by atoms with E-state index in [2.05, 4.69) is 0 Å². The number of rotatable bonds is 5. The van der Waals surface area contributed by atoms with E-state index in [4.69, 9.17) is 21.1 Å². The Bertz CT molecular complexity index is 708. The molecule has 1 aromatic carbocycles. The van der Waals surface area contributed by atoms with Crippen LogP contribution in [0.25, 0.3) is 0 Å². The van der Waals surface area contributed by atoms with Gasteiger partial charge < -0.3 is 14.7 Å². The van der Waals surface area contributed by atoms with Crippen LogP contribution in [-0.2, 0) is 6.61 Å². The van der Waals surface area contributed by atoms with Crippen LogP contribution in [0.15, 0.2) is 41.3 Å². The van der Waals surface area contributed by atoms with E-state index in [9.17, 15) is 14.8 Å². The van der Waals surface area contributed by atoms with Crippen LogP contribution >= 0.6 is 11.6 Å². The number of hydrogen-bond acceptors (Lipinski definition) is 5. The maximum Gasteiger partial charge on any atom is 0.272 e. The fourth-order valence-corrected chi connectivity index (χ4v) is 1.78. The lowest BCUT2D eigenvalue weighted by Crippen LogP contribution is -2.15. The highest BCUT2D eigenvalue weighted by Gasteiger charge is 2.12. The standard InChI is InChI=1S/C14H12ClNO5/c1-20-10-4-2-9(3-5-10)8-21-13-7-16(19)11(14(15)18)6-12(13)17/h2-7,19H,8H2,1H3. The molecule has 2 aromatic rings. The maximum absolute atomic E-state index is 11.7. The highest BCUT2D eigenvalue weighted by Crippen LogP contribution is 2.14. The summed E-state index contributed by atoms with van der Waals surface area (Å²) in [5, 5.41) is 8.59. The lowest BCUT2D eigenvalue weighted by atomic mass is 10.2. The van der Waals surface area contributed by atoms with Crippen molar-refractivity contribution in [1.82, 2.24) is 4.73 Å². The average molecular weight is 310 g/mol. The smallest absolute Gasteiger partial charge is 0.272 e. The van der Waals surface area contributed by atoms with Crippen LogP contribution in [0, 0.1) is 0 Å². The number of nitrogens with zero attached hydrogens (tertiary/aromatic N) is 1. The summed E-state index contributed by atoms with van der Waals surface area (Å²) in [5.74, 6) is 0.622. The summed E-state index contributed by atoms with van der Waals surface area (Å²) in [6.45, 7) is 0.132. The summed E-state index contributed by atoms with van der Waals surface area (Å²) in [4.78, 5) is 22.7. The molecule has 0 saturated carbocycles. The van der Waals surface area contributed by atoms with Gasteiger partial charge in [-0.05, 0) is 29.3 Å². The van der Waals surface area contributed by atoms with Crippen molar-refractivity contribution in [3.05, 3.63) is 58.0 Å². The molecule has 0 aliphatic heterocycles. The van der Waals surface area contributed by atoms with Crippen LogP contribution in [0.5, 0.6) is 11.5 Å². The van der Waals surface area contributed by atoms with E-state index in [0.29, 0.717) is 10.5 Å². The topological polar surface area (TPSA) is 77.8 Å². The molecule has 0 aliphatic rings. The van der Waals surface area contributed by atoms with Crippen LogP contribution in [-0.4, -0.2) is 22.3 Å². The van der Waals surface area contributed by atoms with Gasteiger partial charge in [0.25, 0.3) is 5.24 Å². The first-order valence-corrected chi connectivity index (χ1v) is 6.30. The zero-order valence-electron chi connectivity index (χ0n) is 11.1. The van der Waals surface area contributed by atoms with Crippen molar-refractivity contribution in [3.8, 4) is 11.5 Å². The van der Waals surface area contributed by atoms with E-state index < -0.39 is 10.7 Å². The largest absolute Gasteiger partial charge is 0.497 e. The van der Waals surface area contributed by atoms with Crippen molar-refractivity contribution >= 4 is 16.8 Å². The zero-order valence-corrected chi connectivity index (χ0v) is 11.8. The number of ether oxygens (including phenoxy) is 2. The lowest BCUT2D eigenvalue weighted by Gasteiger charge is -2.08. The third-order valence-electron chi connectivity index (χ3n) is 2.75. The first-order valence-electron chi connectivity index (χ1n) is 5.93. The Balaban J connectivity index is 2.14. The summed E-state index contributed by atoms with van der Waals surface area (Å²) >= 11 is 5.22. The molecular weight excluding hydrogens is 298 g/mol. The quantitative estimate of drug-likeness (QED) is 0.675. The van der Waals surface area contributed by atoms with E-state index in [1.54, 1.807) is 31.4 Å². The van der Waals surface area contributed by atoms with Gasteiger partial charge in [0.15, 0.2) is 5.75 Å². The molecule has 6 nitrogen and oxygen atoms in total. The van der Waals surface area contributed by atoms with E-state index in [-0.39, 0.29) is 18.1 Å². The van der Waals surface area contributed by atoms with Gasteiger partial charge in [-0.3, -0.25) is 9.59 Å². The zero-order chi connectivity index (χ0) is 15.4. The molecule has 7 heteroatoms. The SMILES string of the molecule is COc1ccc(COc2cn(O)c(C(=O)Cl)cc2=O)cc1. The van der Waals surface area contributed by atoms with Crippen LogP contribution in [0.1, 0.15) is 16.1 Å². The molecule has 1 heterocycles. The lowest BCUT2D eigenvalue weighted by molar-refractivity contribution is 0.102. The molecule has 2 rings (SSSR count). The molecular formula is C14H12ClNO5. The fraction of sp³-hybridized carbons (Fsp3) is 0.143. The highest BCUT2D eigenvalue weighted by molar-refractivity contribution is 6.67. The maximum atomic E-state index is 11.7. The molecule has 0 unspecified atom stereocenters. The van der Waals surface area contributed by atoms with Crippen LogP contribution in [0.4, 0.5) is 0 Å². The molecule has 0 saturated heterocycles. The highest BCUT2D eigenvalue weighted by atomic mass is 35.5. The monoisotopic (exact) mass is 309 g/mol. The summed E-state index contributed by atoms with van der Waals surface area (Å²) < 4.78 is 10.8. The van der Waals surface area contributed by atoms with Gasteiger partial charge in [-0.25, -0.2) is 0 Å². The minimum atomic E-state index is -0.934. The second-order valence-corrected chi connectivity index (χ2v) is 4.49. The first kappa shape index (κ1) is 14.9. The van der Waals surface area contributed by atoms with E-state index in [1.165, 1.54) is 0 Å². The Morgan fingerprint density at radius 2 is 2.00 bits per heavy atom. The van der Waals surface area contributed by atoms with E-state index in [1.807, 2.05) is 0 Å². The number of carbonyl (C=O) groups is 1. The van der Waals surface area contributed by atoms with Crippen molar-refractivity contribution in [1.29, 1.82) is 0 Å². The minimum Gasteiger partial charge on any atom is -0.497 e. The molecule has 0 aliphatic carbocycles. The van der Waals surface area contributed by atoms with Crippen LogP contribution in [0.3, 0.4) is 0 Å². The molecule has 1 aromatic heterocycles. The van der Waals surface area contributed by atoms with Gasteiger partial charge in [0.1, 0.15) is 18.1 Å². The summed E-state index contributed by atoms with van der Waals surface area (Å²) in [6, 6.07) is 8.01. The number of benzene rings is 1. The first-order chi connectivity index (χ1) is 10.0. The Kier molecular flexibility index (Phi) is 4.49. The van der Waals surface area contributed by atoms with Crippen molar-refractivity contribution in [2.45, 2.75) is 6.61 Å². The molecule has 0 amide bonds. The van der Waals surface area contributed by atoms with Crippen LogP contribution in [0.2, 0.25) is 0 Å². The van der Waals surface area contributed by atoms with Crippen molar-refractivity contribution in [2.75, 3.05) is 7.11 Å². The molecule has 0 radical (unpaired) electrons. The Labute approximate surface area is 125 Å². The summed E-state index contributed by atoms with van der Waals surface area (Å²) in [7, 11) is 1.56. The van der Waals surface area contributed by atoms with Gasteiger partial charge in [-0.15, -0.1) is 0 Å². The number of hydrogen-bond donors (Lipinski definition) is 1. The van der Waals surface area contributed by atoms with Gasteiger partial charge in [0, 0.05) is 6.07 Å². The number of methoxy groups -OCH3 is 1. The minimum absolute atomic E-state index is 0.0880. The average Bonchev–Trinajstić information content (AvgIpc) is 2.48. The molecule has 0 fully saturated rings. The van der Waals surface area contributed by atoms with Crippen molar-refractivity contribution in [3.63, 3.8) is 0 Å². The Morgan fingerprint density at radius 3 is 2.57 bits per heavy atom. The van der Waals surface area contributed by atoms with Gasteiger partial charge >= 0.3 is 0 Å². The summed E-state index contributed by atoms with van der Waals surface area (Å²) in [6.07, 6.45) is 1.00. The molecule has 0 spiro atoms. The Morgan fingerprint density at radius 1 is 1.33 bits per heavy atom. The molecule has 0 atom stereocenters. The number of pyridine rings is 1. The van der Waals surface area contributed by atoms with Gasteiger partial charge in [-0.2, -0.15) is 4.73 Å². The van der Waals surface area contributed by atoms with Gasteiger partial charge in [0.05, 0.1) is 13.3 Å². The summed E-state index contributed by atoms with van der Waals surface area (Å²) in [5.41, 5.74) is -0.0477. The Hall–Kier alpha value is -2.47. The molecule has 110 valence electrons. The molecule has 0 bridgehead atoms.